The van der Waals surface area contributed by atoms with E-state index in [1.165, 1.54) is 4.68 Å². The summed E-state index contributed by atoms with van der Waals surface area (Å²) in [6.07, 6.45) is 0. The highest BCUT2D eigenvalue weighted by Gasteiger charge is 2.17. The molecule has 0 radical (unpaired) electrons. The third-order valence-electron chi connectivity index (χ3n) is 3.47. The topological polar surface area (TPSA) is 87.4 Å². The van der Waals surface area contributed by atoms with Crippen LogP contribution in [0.1, 0.15) is 17.0 Å². The molecule has 2 heterocycles. The summed E-state index contributed by atoms with van der Waals surface area (Å²) < 4.78 is 1.46. The van der Waals surface area contributed by atoms with Gasteiger partial charge in [-0.05, 0) is 13.8 Å². The van der Waals surface area contributed by atoms with Crippen LogP contribution in [0, 0.1) is 25.2 Å². The van der Waals surface area contributed by atoms with E-state index in [4.69, 9.17) is 11.6 Å². The van der Waals surface area contributed by atoms with Crippen molar-refractivity contribution in [3.8, 4) is 23.3 Å². The lowest BCUT2D eigenvalue weighted by atomic mass is 10.1. The summed E-state index contributed by atoms with van der Waals surface area (Å²) in [5.74, 6) is 0.223. The number of H-pyrrole nitrogens is 1. The van der Waals surface area contributed by atoms with Crippen LogP contribution in [0.4, 0.5) is 0 Å². The number of halogens is 1. The third kappa shape index (κ3) is 2.51. The lowest BCUT2D eigenvalue weighted by Crippen LogP contribution is -2.19. The molecule has 2 aromatic heterocycles. The Kier molecular flexibility index (Phi) is 3.72. The second kappa shape index (κ2) is 5.71. The Morgan fingerprint density at radius 3 is 2.52 bits per heavy atom. The van der Waals surface area contributed by atoms with Crippen molar-refractivity contribution in [3.63, 3.8) is 0 Å². The van der Waals surface area contributed by atoms with Gasteiger partial charge < -0.3 is 0 Å². The first-order valence-electron chi connectivity index (χ1n) is 6.85. The highest BCUT2D eigenvalue weighted by atomic mass is 35.5. The van der Waals surface area contributed by atoms with Crippen LogP contribution >= 0.6 is 11.6 Å². The second-order valence-corrected chi connectivity index (χ2v) is 5.37. The maximum absolute atomic E-state index is 12.2. The van der Waals surface area contributed by atoms with E-state index in [2.05, 4.69) is 15.1 Å². The van der Waals surface area contributed by atoms with Gasteiger partial charge >= 0.3 is 0 Å². The van der Waals surface area contributed by atoms with E-state index in [9.17, 15) is 10.1 Å². The van der Waals surface area contributed by atoms with Gasteiger partial charge in [-0.2, -0.15) is 10.4 Å². The summed E-state index contributed by atoms with van der Waals surface area (Å²) >= 11 is 6.15. The molecular weight excluding hydrogens is 314 g/mol. The van der Waals surface area contributed by atoms with Crippen LogP contribution in [0.2, 0.25) is 5.02 Å². The van der Waals surface area contributed by atoms with E-state index in [1.807, 2.05) is 24.3 Å². The molecule has 7 heteroatoms. The van der Waals surface area contributed by atoms with Crippen molar-refractivity contribution in [2.24, 2.45) is 0 Å². The number of nitrogens with zero attached hydrogens (tertiary/aromatic N) is 4. The van der Waals surface area contributed by atoms with Crippen molar-refractivity contribution < 1.29 is 0 Å². The van der Waals surface area contributed by atoms with Gasteiger partial charge in [-0.1, -0.05) is 41.9 Å². The van der Waals surface area contributed by atoms with Gasteiger partial charge in [-0.15, -0.1) is 0 Å². The van der Waals surface area contributed by atoms with E-state index >= 15 is 0 Å². The summed E-state index contributed by atoms with van der Waals surface area (Å²) in [4.78, 5) is 19.3. The summed E-state index contributed by atoms with van der Waals surface area (Å²) in [5, 5.41) is 14.1. The van der Waals surface area contributed by atoms with E-state index < -0.39 is 5.56 Å². The lowest BCUT2D eigenvalue weighted by Gasteiger charge is -2.07. The van der Waals surface area contributed by atoms with Gasteiger partial charge in [0.15, 0.2) is 0 Å². The molecule has 0 bridgehead atoms. The van der Waals surface area contributed by atoms with E-state index in [0.29, 0.717) is 27.7 Å². The molecule has 1 aromatic carbocycles. The zero-order valence-corrected chi connectivity index (χ0v) is 13.2. The fourth-order valence-corrected chi connectivity index (χ4v) is 2.42. The average Bonchev–Trinajstić information content (AvgIpc) is 2.82. The van der Waals surface area contributed by atoms with Gasteiger partial charge in [0.2, 0.25) is 5.95 Å². The molecule has 0 amide bonds. The minimum atomic E-state index is -0.514. The molecule has 0 fully saturated rings. The number of aromatic nitrogens is 4. The quantitative estimate of drug-likeness (QED) is 0.784. The maximum Gasteiger partial charge on any atom is 0.270 e. The second-order valence-electron chi connectivity index (χ2n) is 4.99. The van der Waals surface area contributed by atoms with Gasteiger partial charge in [0, 0.05) is 5.56 Å². The zero-order valence-electron chi connectivity index (χ0n) is 12.5. The van der Waals surface area contributed by atoms with E-state index in [0.717, 1.165) is 0 Å². The van der Waals surface area contributed by atoms with Crippen molar-refractivity contribution in [1.29, 1.82) is 5.26 Å². The molecule has 0 aliphatic heterocycles. The molecule has 0 saturated heterocycles. The monoisotopic (exact) mass is 325 g/mol. The largest absolute Gasteiger partial charge is 0.290 e. The molecule has 23 heavy (non-hydrogen) atoms. The van der Waals surface area contributed by atoms with Crippen molar-refractivity contribution in [2.75, 3.05) is 0 Å². The molecule has 114 valence electrons. The smallest absolute Gasteiger partial charge is 0.270 e. The summed E-state index contributed by atoms with van der Waals surface area (Å²) in [7, 11) is 0. The molecule has 0 aliphatic carbocycles. The molecule has 1 N–H and O–H groups in total. The fraction of sp³-hybridized carbons (Fsp3) is 0.125. The zero-order chi connectivity index (χ0) is 16.6. The first-order valence-corrected chi connectivity index (χ1v) is 7.22. The van der Waals surface area contributed by atoms with Gasteiger partial charge in [0.25, 0.3) is 5.56 Å². The van der Waals surface area contributed by atoms with Crippen LogP contribution in [-0.2, 0) is 0 Å². The molecule has 6 nitrogen and oxygen atoms in total. The summed E-state index contributed by atoms with van der Waals surface area (Å²) in [6.45, 7) is 3.55. The number of hydrogen-bond acceptors (Lipinski definition) is 4. The van der Waals surface area contributed by atoms with Crippen LogP contribution in [-0.4, -0.2) is 19.7 Å². The van der Waals surface area contributed by atoms with Crippen LogP contribution in [0.25, 0.3) is 17.2 Å². The molecule has 0 spiro atoms. The third-order valence-corrected chi connectivity index (χ3v) is 4.02. The molecule has 0 unspecified atom stereocenters. The summed E-state index contributed by atoms with van der Waals surface area (Å²) in [5.41, 5.74) is 1.75. The molecule has 3 rings (SSSR count). The highest BCUT2D eigenvalue weighted by molar-refractivity contribution is 6.31. The van der Waals surface area contributed by atoms with Crippen LogP contribution in [0.15, 0.2) is 35.1 Å². The Morgan fingerprint density at radius 2 is 1.96 bits per heavy atom. The summed E-state index contributed by atoms with van der Waals surface area (Å²) in [6, 6.07) is 11.0. The standard InChI is InChI=1S/C16H12ClN5O/c1-9-13(17)10(2)22(21-9)16-19-14(11-6-4-3-5-7-11)12(8-18)15(23)20-16/h3-7H,1-2H3,(H,19,20,23). The molecule has 0 saturated carbocycles. The minimum absolute atomic E-state index is 0.0346. The van der Waals surface area contributed by atoms with Gasteiger partial charge in [0.05, 0.1) is 22.1 Å². The fourth-order valence-electron chi connectivity index (χ4n) is 2.30. The van der Waals surface area contributed by atoms with Gasteiger partial charge in [-0.3, -0.25) is 9.78 Å². The predicted molar refractivity (Wildman–Crippen MR) is 86.6 cm³/mol. The molecule has 0 aliphatic rings. The van der Waals surface area contributed by atoms with Crippen LogP contribution in [0.3, 0.4) is 0 Å². The van der Waals surface area contributed by atoms with Gasteiger partial charge in [0.1, 0.15) is 11.6 Å². The number of benzene rings is 1. The van der Waals surface area contributed by atoms with Gasteiger partial charge in [-0.25, -0.2) is 9.67 Å². The van der Waals surface area contributed by atoms with Crippen LogP contribution in [0.5, 0.6) is 0 Å². The Labute approximate surface area is 137 Å². The van der Waals surface area contributed by atoms with Crippen molar-refractivity contribution in [2.45, 2.75) is 13.8 Å². The molecule has 3 aromatic rings. The number of nitrogens with one attached hydrogen (secondary N) is 1. The average molecular weight is 326 g/mol. The Hall–Kier alpha value is -2.91. The number of aromatic amines is 1. The van der Waals surface area contributed by atoms with Crippen molar-refractivity contribution in [3.05, 3.63) is 62.7 Å². The molecule has 0 atom stereocenters. The number of hydrogen-bond donors (Lipinski definition) is 1. The molecular formula is C16H12ClN5O. The van der Waals surface area contributed by atoms with E-state index in [1.54, 1.807) is 26.0 Å². The first-order chi connectivity index (χ1) is 11.0. The predicted octanol–water partition coefficient (Wildman–Crippen LogP) is 2.76. The number of rotatable bonds is 2. The van der Waals surface area contributed by atoms with Crippen molar-refractivity contribution in [1.82, 2.24) is 19.7 Å². The van der Waals surface area contributed by atoms with E-state index in [-0.39, 0.29) is 11.5 Å². The Morgan fingerprint density at radius 1 is 1.26 bits per heavy atom. The number of aryl methyl sites for hydroxylation is 1. The lowest BCUT2D eigenvalue weighted by molar-refractivity contribution is 0.769. The Balaban J connectivity index is 2.30. The Bertz CT molecular complexity index is 982. The van der Waals surface area contributed by atoms with Crippen LogP contribution < -0.4 is 5.56 Å². The minimum Gasteiger partial charge on any atom is -0.290 e. The highest BCUT2D eigenvalue weighted by Crippen LogP contribution is 2.23. The normalized spacial score (nSPS) is 10.5. The van der Waals surface area contributed by atoms with Crippen molar-refractivity contribution >= 4 is 11.6 Å². The number of nitriles is 1. The first kappa shape index (κ1) is 15.0. The maximum atomic E-state index is 12.2. The SMILES string of the molecule is Cc1nn(-c2nc(-c3ccccc3)c(C#N)c(=O)[nH]2)c(C)c1Cl.